The van der Waals surface area contributed by atoms with Crippen molar-refractivity contribution in [1.29, 1.82) is 0 Å². The fourth-order valence-electron chi connectivity index (χ4n) is 1.72. The molecule has 0 aliphatic heterocycles. The second-order valence-corrected chi connectivity index (χ2v) is 5.03. The molecular weight excluding hydrogens is 293 g/mol. The van der Waals surface area contributed by atoms with Crippen LogP contribution in [-0.4, -0.2) is 40.3 Å². The highest BCUT2D eigenvalue weighted by Crippen LogP contribution is 2.33. The number of nitrogens with two attached hydrogens (primary N) is 1. The molecule has 0 bridgehead atoms. The van der Waals surface area contributed by atoms with Crippen LogP contribution in [0.15, 0.2) is 12.3 Å². The maximum Gasteiger partial charge on any atom is 0.406 e. The number of rotatable bonds is 3. The number of fused-ring (bicyclic) bond motifs is 1. The molecule has 20 heavy (non-hydrogen) atoms. The van der Waals surface area contributed by atoms with E-state index < -0.39 is 18.6 Å². The van der Waals surface area contributed by atoms with Gasteiger partial charge in [-0.1, -0.05) is 0 Å². The van der Waals surface area contributed by atoms with Gasteiger partial charge in [-0.3, -0.25) is 4.79 Å². The average molecular weight is 304 g/mol. The zero-order valence-electron chi connectivity index (χ0n) is 10.4. The molecule has 0 radical (unpaired) electrons. The van der Waals surface area contributed by atoms with Crippen molar-refractivity contribution in [2.24, 2.45) is 0 Å². The lowest BCUT2D eigenvalue weighted by atomic mass is 10.2. The van der Waals surface area contributed by atoms with E-state index in [1.807, 2.05) is 0 Å². The molecule has 108 valence electrons. The van der Waals surface area contributed by atoms with Crippen molar-refractivity contribution in [3.05, 3.63) is 17.1 Å². The molecule has 0 unspecified atom stereocenters. The average Bonchev–Trinajstić information content (AvgIpc) is 2.72. The summed E-state index contributed by atoms with van der Waals surface area (Å²) in [5.41, 5.74) is 5.95. The van der Waals surface area contributed by atoms with Gasteiger partial charge in [0.2, 0.25) is 0 Å². The number of nitrogen functional groups attached to an aromatic ring is 1. The normalized spacial score (nSPS) is 11.8. The van der Waals surface area contributed by atoms with E-state index in [-0.39, 0.29) is 17.1 Å². The van der Waals surface area contributed by atoms with Crippen molar-refractivity contribution in [1.82, 2.24) is 15.1 Å². The van der Waals surface area contributed by atoms with Crippen LogP contribution in [0.4, 0.5) is 18.9 Å². The highest BCUT2D eigenvalue weighted by Gasteiger charge is 2.33. The largest absolute Gasteiger partial charge is 0.406 e. The van der Waals surface area contributed by atoms with E-state index in [1.54, 1.807) is 6.07 Å². The van der Waals surface area contributed by atoms with Gasteiger partial charge in [0.15, 0.2) is 0 Å². The smallest absolute Gasteiger partial charge is 0.397 e. The Morgan fingerprint density at radius 2 is 2.20 bits per heavy atom. The minimum Gasteiger partial charge on any atom is -0.397 e. The molecule has 0 atom stereocenters. The van der Waals surface area contributed by atoms with Crippen molar-refractivity contribution in [2.75, 3.05) is 18.8 Å². The Morgan fingerprint density at radius 1 is 1.50 bits per heavy atom. The van der Waals surface area contributed by atoms with E-state index in [9.17, 15) is 18.0 Å². The summed E-state index contributed by atoms with van der Waals surface area (Å²) in [6.45, 7) is 0.117. The minimum atomic E-state index is -4.45. The van der Waals surface area contributed by atoms with Gasteiger partial charge in [-0.05, 0) is 13.0 Å². The maximum absolute atomic E-state index is 12.4. The predicted molar refractivity (Wildman–Crippen MR) is 69.5 cm³/mol. The standard InChI is InChI=1S/C11H11F3N4OS/c1-2-18(5-11(12,13)14)10(19)8-7(15)6-3-4-16-17-9(6)20-8/h3-4H,2,5,15H2,1H3. The van der Waals surface area contributed by atoms with Gasteiger partial charge in [-0.2, -0.15) is 18.3 Å². The molecular formula is C11H11F3N4OS. The van der Waals surface area contributed by atoms with Crippen LogP contribution in [-0.2, 0) is 0 Å². The van der Waals surface area contributed by atoms with E-state index >= 15 is 0 Å². The molecule has 0 aliphatic rings. The number of hydrogen-bond donors (Lipinski definition) is 1. The van der Waals surface area contributed by atoms with Crippen LogP contribution >= 0.6 is 11.3 Å². The number of alkyl halides is 3. The first-order valence-electron chi connectivity index (χ1n) is 5.69. The van der Waals surface area contributed by atoms with E-state index in [1.165, 1.54) is 13.1 Å². The minimum absolute atomic E-state index is 0.0578. The third kappa shape index (κ3) is 2.82. The molecule has 1 amide bonds. The number of halogens is 3. The molecule has 0 aromatic carbocycles. The molecule has 2 heterocycles. The zero-order chi connectivity index (χ0) is 14.9. The third-order valence-electron chi connectivity index (χ3n) is 2.65. The molecule has 0 fully saturated rings. The summed E-state index contributed by atoms with van der Waals surface area (Å²) < 4.78 is 37.3. The molecule has 0 aliphatic carbocycles. The van der Waals surface area contributed by atoms with Gasteiger partial charge in [0.25, 0.3) is 5.91 Å². The van der Waals surface area contributed by atoms with Crippen LogP contribution in [0.5, 0.6) is 0 Å². The molecule has 0 spiro atoms. The molecule has 2 N–H and O–H groups in total. The number of amides is 1. The summed E-state index contributed by atoms with van der Waals surface area (Å²) in [6.07, 6.45) is -3.04. The summed E-state index contributed by atoms with van der Waals surface area (Å²) in [5, 5.41) is 7.98. The van der Waals surface area contributed by atoms with Crippen molar-refractivity contribution in [3.8, 4) is 0 Å². The van der Waals surface area contributed by atoms with Gasteiger partial charge in [0.05, 0.1) is 11.9 Å². The molecule has 2 aromatic rings. The van der Waals surface area contributed by atoms with Gasteiger partial charge >= 0.3 is 6.18 Å². The van der Waals surface area contributed by atoms with Crippen molar-refractivity contribution < 1.29 is 18.0 Å². The zero-order valence-corrected chi connectivity index (χ0v) is 11.3. The Hall–Kier alpha value is -1.90. The summed E-state index contributed by atoms with van der Waals surface area (Å²) in [6, 6.07) is 1.57. The first kappa shape index (κ1) is 14.5. The summed E-state index contributed by atoms with van der Waals surface area (Å²) >= 11 is 0.945. The number of nitrogens with zero attached hydrogens (tertiary/aromatic N) is 3. The Kier molecular flexibility index (Phi) is 3.80. The van der Waals surface area contributed by atoms with Crippen LogP contribution in [0.3, 0.4) is 0 Å². The Morgan fingerprint density at radius 3 is 2.75 bits per heavy atom. The monoisotopic (exact) mass is 304 g/mol. The number of anilines is 1. The number of hydrogen-bond acceptors (Lipinski definition) is 5. The van der Waals surface area contributed by atoms with Gasteiger partial charge in [-0.25, -0.2) is 0 Å². The quantitative estimate of drug-likeness (QED) is 0.944. The first-order chi connectivity index (χ1) is 9.33. The number of thiophene rings is 1. The fourth-order valence-corrected chi connectivity index (χ4v) is 2.72. The Balaban J connectivity index is 2.37. The second-order valence-electron chi connectivity index (χ2n) is 4.03. The van der Waals surface area contributed by atoms with Crippen molar-refractivity contribution in [2.45, 2.75) is 13.1 Å². The number of aromatic nitrogens is 2. The molecule has 0 saturated heterocycles. The van der Waals surface area contributed by atoms with Gasteiger partial charge in [0, 0.05) is 11.9 Å². The van der Waals surface area contributed by atoms with Gasteiger partial charge in [0.1, 0.15) is 16.3 Å². The van der Waals surface area contributed by atoms with Crippen molar-refractivity contribution >= 4 is 33.1 Å². The highest BCUT2D eigenvalue weighted by molar-refractivity contribution is 7.21. The summed E-state index contributed by atoms with van der Waals surface area (Å²) in [7, 11) is 0. The Labute approximate surface area is 116 Å². The van der Waals surface area contributed by atoms with Crippen LogP contribution in [0, 0.1) is 0 Å². The SMILES string of the molecule is CCN(CC(F)(F)F)C(=O)c1sc2nnccc2c1N. The lowest BCUT2D eigenvalue weighted by Gasteiger charge is -2.21. The van der Waals surface area contributed by atoms with Crippen LogP contribution in [0.1, 0.15) is 16.6 Å². The summed E-state index contributed by atoms with van der Waals surface area (Å²) in [5.74, 6) is -0.745. The second kappa shape index (κ2) is 5.23. The van der Waals surface area contributed by atoms with Crippen LogP contribution in [0.2, 0.25) is 0 Å². The first-order valence-corrected chi connectivity index (χ1v) is 6.51. The highest BCUT2D eigenvalue weighted by atomic mass is 32.1. The van der Waals surface area contributed by atoms with Crippen LogP contribution in [0.25, 0.3) is 10.2 Å². The molecule has 2 aromatic heterocycles. The predicted octanol–water partition coefficient (Wildman–Crippen LogP) is 2.30. The van der Waals surface area contributed by atoms with E-state index in [0.717, 1.165) is 11.3 Å². The molecule has 9 heteroatoms. The van der Waals surface area contributed by atoms with E-state index in [0.29, 0.717) is 15.1 Å². The lowest BCUT2D eigenvalue weighted by molar-refractivity contribution is -0.140. The third-order valence-corrected chi connectivity index (χ3v) is 3.75. The van der Waals surface area contributed by atoms with Crippen LogP contribution < -0.4 is 5.73 Å². The fraction of sp³-hybridized carbons (Fsp3) is 0.364. The topological polar surface area (TPSA) is 72.1 Å². The summed E-state index contributed by atoms with van der Waals surface area (Å²) in [4.78, 5) is 13.3. The maximum atomic E-state index is 12.4. The molecule has 5 nitrogen and oxygen atoms in total. The number of carbonyl (C=O) groups excluding carboxylic acids is 1. The Bertz CT molecular complexity index is 640. The number of carbonyl (C=O) groups is 1. The molecule has 0 saturated carbocycles. The van der Waals surface area contributed by atoms with E-state index in [4.69, 9.17) is 5.73 Å². The van der Waals surface area contributed by atoms with E-state index in [2.05, 4.69) is 10.2 Å². The van der Waals surface area contributed by atoms with Gasteiger partial charge < -0.3 is 10.6 Å². The lowest BCUT2D eigenvalue weighted by Crippen LogP contribution is -2.38. The van der Waals surface area contributed by atoms with Crippen molar-refractivity contribution in [3.63, 3.8) is 0 Å². The molecule has 2 rings (SSSR count). The van der Waals surface area contributed by atoms with Gasteiger partial charge in [-0.15, -0.1) is 16.4 Å².